The number of halogens is 2. The van der Waals surface area contributed by atoms with Gasteiger partial charge in [-0.2, -0.15) is 0 Å². The Hall–Kier alpha value is -1.15. The van der Waals surface area contributed by atoms with Crippen LogP contribution in [0.5, 0.6) is 0 Å². The summed E-state index contributed by atoms with van der Waals surface area (Å²) in [5.41, 5.74) is 7.28. The second-order valence-electron chi connectivity index (χ2n) is 4.61. The molecule has 0 spiro atoms. The first-order valence-corrected chi connectivity index (χ1v) is 7.31. The fraction of sp³-hybridized carbons (Fsp3) is 0.429. The van der Waals surface area contributed by atoms with Gasteiger partial charge in [-0.05, 0) is 30.7 Å². The Morgan fingerprint density at radius 1 is 1.41 bits per heavy atom. The van der Waals surface area contributed by atoms with Crippen molar-refractivity contribution in [2.75, 3.05) is 25.6 Å². The van der Waals surface area contributed by atoms with Gasteiger partial charge < -0.3 is 21.1 Å². The average molecular weight is 395 g/mol. The number of methoxy groups -OCH3 is 1. The normalized spacial score (nSPS) is 11.3. The van der Waals surface area contributed by atoms with E-state index in [0.29, 0.717) is 0 Å². The molecule has 1 atom stereocenters. The second-order valence-corrected chi connectivity index (χ2v) is 5.53. The van der Waals surface area contributed by atoms with Crippen molar-refractivity contribution in [1.82, 2.24) is 5.32 Å². The molecule has 0 saturated carbocycles. The number of aryl methyl sites for hydroxylation is 1. The van der Waals surface area contributed by atoms with Crippen molar-refractivity contribution in [1.29, 1.82) is 0 Å². The predicted molar refractivity (Wildman–Crippen MR) is 92.2 cm³/mol. The van der Waals surface area contributed by atoms with Crippen LogP contribution < -0.4 is 16.4 Å². The molecule has 0 aliphatic heterocycles. The van der Waals surface area contributed by atoms with Gasteiger partial charge in [-0.15, -0.1) is 12.4 Å². The molecule has 1 aromatic carbocycles. The van der Waals surface area contributed by atoms with Crippen LogP contribution in [-0.2, 0) is 14.3 Å². The van der Waals surface area contributed by atoms with Gasteiger partial charge in [0, 0.05) is 30.2 Å². The van der Waals surface area contributed by atoms with Gasteiger partial charge in [-0.3, -0.25) is 9.59 Å². The minimum Gasteiger partial charge on any atom is -0.383 e. The Morgan fingerprint density at radius 3 is 2.68 bits per heavy atom. The molecule has 22 heavy (non-hydrogen) atoms. The monoisotopic (exact) mass is 393 g/mol. The Kier molecular flexibility index (Phi) is 10.0. The van der Waals surface area contributed by atoms with Crippen LogP contribution in [-0.4, -0.2) is 38.1 Å². The third-order valence-electron chi connectivity index (χ3n) is 2.80. The van der Waals surface area contributed by atoms with Crippen LogP contribution in [0.15, 0.2) is 22.7 Å². The molecule has 0 aromatic heterocycles. The number of amides is 2. The highest BCUT2D eigenvalue weighted by atomic mass is 79.9. The van der Waals surface area contributed by atoms with Gasteiger partial charge in [0.05, 0.1) is 6.61 Å². The van der Waals surface area contributed by atoms with Crippen molar-refractivity contribution >= 4 is 45.8 Å². The van der Waals surface area contributed by atoms with Crippen molar-refractivity contribution in [3.63, 3.8) is 0 Å². The number of hydrogen-bond acceptors (Lipinski definition) is 4. The largest absolute Gasteiger partial charge is 0.383 e. The highest BCUT2D eigenvalue weighted by Crippen LogP contribution is 2.19. The average Bonchev–Trinajstić information content (AvgIpc) is 2.42. The molecule has 0 bridgehead atoms. The van der Waals surface area contributed by atoms with Gasteiger partial charge in [-0.25, -0.2) is 0 Å². The summed E-state index contributed by atoms with van der Waals surface area (Å²) in [6.07, 6.45) is 0.181. The van der Waals surface area contributed by atoms with Gasteiger partial charge in [-0.1, -0.05) is 15.9 Å². The number of ether oxygens (including phenoxy) is 1. The van der Waals surface area contributed by atoms with Gasteiger partial charge in [0.25, 0.3) is 0 Å². The van der Waals surface area contributed by atoms with E-state index in [2.05, 4.69) is 26.6 Å². The molecule has 8 heteroatoms. The maximum Gasteiger partial charge on any atom is 0.239 e. The lowest BCUT2D eigenvalue weighted by molar-refractivity contribution is -0.123. The second kappa shape index (κ2) is 10.6. The Balaban J connectivity index is 0.00000441. The first-order valence-electron chi connectivity index (χ1n) is 6.52. The molecule has 124 valence electrons. The SMILES string of the molecule is COCC(N)C(=O)NCCC(=O)Nc1ccc(Br)cc1C.Cl. The van der Waals surface area contributed by atoms with E-state index in [1.807, 2.05) is 25.1 Å². The van der Waals surface area contributed by atoms with Crippen molar-refractivity contribution in [2.24, 2.45) is 5.73 Å². The Morgan fingerprint density at radius 2 is 2.09 bits per heavy atom. The van der Waals surface area contributed by atoms with Crippen molar-refractivity contribution in [3.8, 4) is 0 Å². The van der Waals surface area contributed by atoms with Crippen molar-refractivity contribution in [2.45, 2.75) is 19.4 Å². The molecule has 0 radical (unpaired) electrons. The molecular weight excluding hydrogens is 374 g/mol. The lowest BCUT2D eigenvalue weighted by Gasteiger charge is -2.12. The number of carbonyl (C=O) groups is 2. The predicted octanol–water partition coefficient (Wildman–Crippen LogP) is 1.60. The highest BCUT2D eigenvalue weighted by molar-refractivity contribution is 9.10. The van der Waals surface area contributed by atoms with E-state index < -0.39 is 6.04 Å². The fourth-order valence-corrected chi connectivity index (χ4v) is 2.14. The first kappa shape index (κ1) is 20.9. The topological polar surface area (TPSA) is 93.4 Å². The van der Waals surface area contributed by atoms with Gasteiger partial charge in [0.2, 0.25) is 11.8 Å². The molecule has 0 saturated heterocycles. The molecule has 2 amide bonds. The molecule has 0 aliphatic rings. The summed E-state index contributed by atoms with van der Waals surface area (Å²) in [6, 6.07) is 4.88. The molecule has 1 rings (SSSR count). The smallest absolute Gasteiger partial charge is 0.239 e. The van der Waals surface area contributed by atoms with Crippen LogP contribution in [0.3, 0.4) is 0 Å². The highest BCUT2D eigenvalue weighted by Gasteiger charge is 2.13. The van der Waals surface area contributed by atoms with Crippen LogP contribution >= 0.6 is 28.3 Å². The van der Waals surface area contributed by atoms with Gasteiger partial charge in [0.1, 0.15) is 6.04 Å². The van der Waals surface area contributed by atoms with Crippen LogP contribution in [0.2, 0.25) is 0 Å². The summed E-state index contributed by atoms with van der Waals surface area (Å²) in [6.45, 7) is 2.29. The van der Waals surface area contributed by atoms with Gasteiger partial charge in [0.15, 0.2) is 0 Å². The van der Waals surface area contributed by atoms with Crippen LogP contribution in [0.4, 0.5) is 5.69 Å². The van der Waals surface area contributed by atoms with E-state index in [4.69, 9.17) is 10.5 Å². The molecule has 0 aliphatic carbocycles. The number of nitrogens with one attached hydrogen (secondary N) is 2. The zero-order valence-electron chi connectivity index (χ0n) is 12.5. The summed E-state index contributed by atoms with van der Waals surface area (Å²) in [7, 11) is 1.47. The van der Waals surface area contributed by atoms with Crippen LogP contribution in [0, 0.1) is 6.92 Å². The fourth-order valence-electron chi connectivity index (χ4n) is 1.67. The van der Waals surface area contributed by atoms with E-state index in [-0.39, 0.29) is 43.8 Å². The van der Waals surface area contributed by atoms with Gasteiger partial charge >= 0.3 is 0 Å². The zero-order chi connectivity index (χ0) is 15.8. The third kappa shape index (κ3) is 7.22. The minimum absolute atomic E-state index is 0. The number of carbonyl (C=O) groups excluding carboxylic acids is 2. The quantitative estimate of drug-likeness (QED) is 0.655. The molecule has 4 N–H and O–H groups in total. The zero-order valence-corrected chi connectivity index (χ0v) is 14.9. The Bertz CT molecular complexity index is 514. The summed E-state index contributed by atoms with van der Waals surface area (Å²) in [4.78, 5) is 23.3. The molecule has 0 fully saturated rings. The Labute approximate surface area is 144 Å². The van der Waals surface area contributed by atoms with Crippen LogP contribution in [0.1, 0.15) is 12.0 Å². The number of anilines is 1. The minimum atomic E-state index is -0.716. The van der Waals surface area contributed by atoms with E-state index >= 15 is 0 Å². The number of rotatable bonds is 7. The maximum absolute atomic E-state index is 11.8. The molecule has 6 nitrogen and oxygen atoms in total. The van der Waals surface area contributed by atoms with E-state index in [1.54, 1.807) is 0 Å². The molecule has 1 aromatic rings. The number of nitrogens with two attached hydrogens (primary N) is 1. The molecule has 1 unspecified atom stereocenters. The number of hydrogen-bond donors (Lipinski definition) is 3. The van der Waals surface area contributed by atoms with Crippen LogP contribution in [0.25, 0.3) is 0 Å². The summed E-state index contributed by atoms with van der Waals surface area (Å²) in [5.74, 6) is -0.495. The lowest BCUT2D eigenvalue weighted by Crippen LogP contribution is -2.44. The molecular formula is C14H21BrClN3O3. The van der Waals surface area contributed by atoms with E-state index in [9.17, 15) is 9.59 Å². The summed E-state index contributed by atoms with van der Waals surface area (Å²) in [5, 5.41) is 5.39. The third-order valence-corrected chi connectivity index (χ3v) is 3.29. The van der Waals surface area contributed by atoms with Crippen molar-refractivity contribution < 1.29 is 14.3 Å². The summed E-state index contributed by atoms with van der Waals surface area (Å²) < 4.78 is 5.74. The maximum atomic E-state index is 11.8. The standard InChI is InChI=1S/C14H20BrN3O3.ClH/c1-9-7-10(15)3-4-12(9)18-13(19)5-6-17-14(20)11(16)8-21-2;/h3-4,7,11H,5-6,8,16H2,1-2H3,(H,17,20)(H,18,19);1H. The van der Waals surface area contributed by atoms with E-state index in [1.165, 1.54) is 7.11 Å². The molecule has 0 heterocycles. The van der Waals surface area contributed by atoms with Crippen molar-refractivity contribution in [3.05, 3.63) is 28.2 Å². The van der Waals surface area contributed by atoms with E-state index in [0.717, 1.165) is 15.7 Å². The summed E-state index contributed by atoms with van der Waals surface area (Å²) >= 11 is 3.36. The lowest BCUT2D eigenvalue weighted by atomic mass is 10.2. The number of benzene rings is 1. The first-order chi connectivity index (χ1) is 9.93.